The Bertz CT molecular complexity index is 196. The van der Waals surface area contributed by atoms with E-state index in [4.69, 9.17) is 5.73 Å². The maximum Gasteiger partial charge on any atom is 0.222 e. The van der Waals surface area contributed by atoms with Crippen LogP contribution >= 0.6 is 0 Å². The van der Waals surface area contributed by atoms with Crippen LogP contribution in [0.2, 0.25) is 0 Å². The summed E-state index contributed by atoms with van der Waals surface area (Å²) < 4.78 is 0. The number of carbonyl (C=O) groups is 1. The van der Waals surface area contributed by atoms with Crippen LogP contribution in [0.1, 0.15) is 47.0 Å². The second kappa shape index (κ2) is 6.11. The first-order chi connectivity index (χ1) is 6.76. The van der Waals surface area contributed by atoms with E-state index >= 15 is 0 Å². The molecule has 0 aromatic heterocycles. The molecular formula is C12H26N2O. The van der Waals surface area contributed by atoms with Crippen molar-refractivity contribution in [2.75, 3.05) is 13.6 Å². The Morgan fingerprint density at radius 3 is 2.40 bits per heavy atom. The average molecular weight is 214 g/mol. The first kappa shape index (κ1) is 14.4. The number of hydrogen-bond donors (Lipinski definition) is 1. The Morgan fingerprint density at radius 2 is 2.00 bits per heavy atom. The van der Waals surface area contributed by atoms with Crippen molar-refractivity contribution in [2.45, 2.75) is 52.5 Å². The van der Waals surface area contributed by atoms with Gasteiger partial charge in [-0.3, -0.25) is 4.79 Å². The molecule has 1 atom stereocenters. The van der Waals surface area contributed by atoms with Crippen molar-refractivity contribution in [3.05, 3.63) is 0 Å². The predicted molar refractivity (Wildman–Crippen MR) is 64.6 cm³/mol. The maximum atomic E-state index is 11.7. The SMILES string of the molecule is CCC(C)CN(C)C(=O)CCC(C)(C)N. The van der Waals surface area contributed by atoms with E-state index in [0.717, 1.165) is 19.4 Å². The van der Waals surface area contributed by atoms with Gasteiger partial charge in [0.2, 0.25) is 5.91 Å². The minimum absolute atomic E-state index is 0.203. The minimum atomic E-state index is -0.243. The van der Waals surface area contributed by atoms with E-state index < -0.39 is 0 Å². The van der Waals surface area contributed by atoms with Crippen molar-refractivity contribution < 1.29 is 4.79 Å². The van der Waals surface area contributed by atoms with E-state index in [2.05, 4.69) is 13.8 Å². The van der Waals surface area contributed by atoms with Gasteiger partial charge >= 0.3 is 0 Å². The number of carbonyl (C=O) groups excluding carboxylic acids is 1. The monoisotopic (exact) mass is 214 g/mol. The van der Waals surface area contributed by atoms with Gasteiger partial charge in [0.05, 0.1) is 0 Å². The number of hydrogen-bond acceptors (Lipinski definition) is 2. The van der Waals surface area contributed by atoms with Gasteiger partial charge in [-0.15, -0.1) is 0 Å². The van der Waals surface area contributed by atoms with Gasteiger partial charge in [0.1, 0.15) is 0 Å². The number of nitrogens with zero attached hydrogens (tertiary/aromatic N) is 1. The highest BCUT2D eigenvalue weighted by Crippen LogP contribution is 2.10. The van der Waals surface area contributed by atoms with Crippen molar-refractivity contribution in [3.63, 3.8) is 0 Å². The van der Waals surface area contributed by atoms with Crippen LogP contribution in [0.3, 0.4) is 0 Å². The zero-order valence-corrected chi connectivity index (χ0v) is 10.8. The largest absolute Gasteiger partial charge is 0.345 e. The summed E-state index contributed by atoms with van der Waals surface area (Å²) in [6.45, 7) is 9.06. The van der Waals surface area contributed by atoms with Crippen LogP contribution in [0.15, 0.2) is 0 Å². The molecule has 0 aliphatic heterocycles. The van der Waals surface area contributed by atoms with Gasteiger partial charge in [-0.1, -0.05) is 20.3 Å². The van der Waals surface area contributed by atoms with Crippen LogP contribution in [-0.4, -0.2) is 29.9 Å². The Balaban J connectivity index is 3.89. The van der Waals surface area contributed by atoms with Gasteiger partial charge in [0, 0.05) is 25.6 Å². The molecule has 3 heteroatoms. The molecule has 0 saturated heterocycles. The molecule has 15 heavy (non-hydrogen) atoms. The van der Waals surface area contributed by atoms with Gasteiger partial charge in [-0.25, -0.2) is 0 Å². The molecule has 0 heterocycles. The fraction of sp³-hybridized carbons (Fsp3) is 0.917. The molecule has 0 saturated carbocycles. The molecule has 0 aliphatic carbocycles. The van der Waals surface area contributed by atoms with Crippen molar-refractivity contribution in [1.29, 1.82) is 0 Å². The Labute approximate surface area is 94.0 Å². The van der Waals surface area contributed by atoms with Crippen LogP contribution in [0.25, 0.3) is 0 Å². The number of amides is 1. The third-order valence-electron chi connectivity index (χ3n) is 2.69. The predicted octanol–water partition coefficient (Wildman–Crippen LogP) is 2.01. The van der Waals surface area contributed by atoms with Crippen LogP contribution in [0.4, 0.5) is 0 Å². The van der Waals surface area contributed by atoms with Crippen molar-refractivity contribution in [3.8, 4) is 0 Å². The summed E-state index contributed by atoms with van der Waals surface area (Å²) in [6.07, 6.45) is 2.41. The molecule has 0 fully saturated rings. The van der Waals surface area contributed by atoms with E-state index in [1.807, 2.05) is 25.8 Å². The average Bonchev–Trinajstić information content (AvgIpc) is 2.12. The van der Waals surface area contributed by atoms with Gasteiger partial charge in [-0.2, -0.15) is 0 Å². The summed E-state index contributed by atoms with van der Waals surface area (Å²) in [6, 6.07) is 0. The smallest absolute Gasteiger partial charge is 0.222 e. The molecule has 0 radical (unpaired) electrons. The van der Waals surface area contributed by atoms with E-state index in [0.29, 0.717) is 12.3 Å². The molecule has 90 valence electrons. The van der Waals surface area contributed by atoms with Crippen LogP contribution in [0.5, 0.6) is 0 Å². The van der Waals surface area contributed by atoms with Gasteiger partial charge in [0.25, 0.3) is 0 Å². The lowest BCUT2D eigenvalue weighted by Crippen LogP contribution is -2.36. The highest BCUT2D eigenvalue weighted by molar-refractivity contribution is 5.75. The first-order valence-electron chi connectivity index (χ1n) is 5.79. The normalized spacial score (nSPS) is 13.7. The molecule has 0 spiro atoms. The lowest BCUT2D eigenvalue weighted by atomic mass is 9.99. The third-order valence-corrected chi connectivity index (χ3v) is 2.69. The molecule has 1 unspecified atom stereocenters. The topological polar surface area (TPSA) is 46.3 Å². The molecule has 2 N–H and O–H groups in total. The standard InChI is InChI=1S/C12H26N2O/c1-6-10(2)9-14(5)11(15)7-8-12(3,4)13/h10H,6-9,13H2,1-5H3. The summed E-state index contributed by atoms with van der Waals surface area (Å²) in [4.78, 5) is 13.5. The van der Waals surface area contributed by atoms with Crippen LogP contribution < -0.4 is 5.73 Å². The molecular weight excluding hydrogens is 188 g/mol. The summed E-state index contributed by atoms with van der Waals surface area (Å²) in [5.41, 5.74) is 5.60. The lowest BCUT2D eigenvalue weighted by molar-refractivity contribution is -0.130. The van der Waals surface area contributed by atoms with Crippen LogP contribution in [0, 0.1) is 5.92 Å². The summed E-state index contributed by atoms with van der Waals surface area (Å²) in [5.74, 6) is 0.777. The van der Waals surface area contributed by atoms with Crippen molar-refractivity contribution in [1.82, 2.24) is 4.90 Å². The summed E-state index contributed by atoms with van der Waals surface area (Å²) in [7, 11) is 1.87. The lowest BCUT2D eigenvalue weighted by Gasteiger charge is -2.23. The quantitative estimate of drug-likeness (QED) is 0.735. The van der Waals surface area contributed by atoms with Crippen molar-refractivity contribution in [2.24, 2.45) is 11.7 Å². The third kappa shape index (κ3) is 7.37. The van der Waals surface area contributed by atoms with Gasteiger partial charge < -0.3 is 10.6 Å². The minimum Gasteiger partial charge on any atom is -0.345 e. The number of rotatable bonds is 6. The zero-order valence-electron chi connectivity index (χ0n) is 10.8. The second-order valence-electron chi connectivity index (χ2n) is 5.28. The maximum absolute atomic E-state index is 11.7. The van der Waals surface area contributed by atoms with Gasteiger partial charge in [0.15, 0.2) is 0 Å². The van der Waals surface area contributed by atoms with E-state index in [1.54, 1.807) is 0 Å². The first-order valence-corrected chi connectivity index (χ1v) is 5.79. The summed E-state index contributed by atoms with van der Waals surface area (Å²) in [5, 5.41) is 0. The zero-order chi connectivity index (χ0) is 12.1. The number of nitrogens with two attached hydrogens (primary N) is 1. The van der Waals surface area contributed by atoms with E-state index in [9.17, 15) is 4.79 Å². The fourth-order valence-corrected chi connectivity index (χ4v) is 1.32. The fourth-order valence-electron chi connectivity index (χ4n) is 1.32. The van der Waals surface area contributed by atoms with Crippen molar-refractivity contribution >= 4 is 5.91 Å². The molecule has 0 aromatic rings. The van der Waals surface area contributed by atoms with Gasteiger partial charge in [-0.05, 0) is 26.2 Å². The molecule has 3 nitrogen and oxygen atoms in total. The molecule has 0 aliphatic rings. The molecule has 0 rings (SSSR count). The molecule has 1 amide bonds. The molecule has 0 aromatic carbocycles. The molecule has 0 bridgehead atoms. The van der Waals surface area contributed by atoms with E-state index in [1.165, 1.54) is 0 Å². The highest BCUT2D eigenvalue weighted by Gasteiger charge is 2.16. The van der Waals surface area contributed by atoms with E-state index in [-0.39, 0.29) is 11.4 Å². The Kier molecular flexibility index (Phi) is 5.88. The summed E-state index contributed by atoms with van der Waals surface area (Å²) >= 11 is 0. The Morgan fingerprint density at radius 1 is 1.47 bits per heavy atom. The highest BCUT2D eigenvalue weighted by atomic mass is 16.2. The van der Waals surface area contributed by atoms with Crippen LogP contribution in [-0.2, 0) is 4.79 Å². The second-order valence-corrected chi connectivity index (χ2v) is 5.28. The Hall–Kier alpha value is -0.570.